The lowest BCUT2D eigenvalue weighted by atomic mass is 10.1. The molecule has 1 saturated heterocycles. The van der Waals surface area contributed by atoms with Crippen molar-refractivity contribution in [3.63, 3.8) is 0 Å². The molecule has 152 valence electrons. The molecule has 0 bridgehead atoms. The molecule has 1 aliphatic heterocycles. The Morgan fingerprint density at radius 3 is 2.44 bits per heavy atom. The van der Waals surface area contributed by atoms with Crippen LogP contribution in [0.4, 0.5) is 6.01 Å². The van der Waals surface area contributed by atoms with Crippen molar-refractivity contribution >= 4 is 30.8 Å². The summed E-state index contributed by atoms with van der Waals surface area (Å²) in [5, 5.41) is 8.32. The quantitative estimate of drug-likeness (QED) is 0.660. The third-order valence-electron chi connectivity index (χ3n) is 4.40. The molecule has 9 heteroatoms. The van der Waals surface area contributed by atoms with Gasteiger partial charge in [0.25, 0.3) is 0 Å². The Labute approximate surface area is 173 Å². The molecule has 0 saturated carbocycles. The number of hydrogen-bond donors (Lipinski definition) is 1. The Bertz CT molecular complexity index is 636. The lowest BCUT2D eigenvalue weighted by molar-refractivity contribution is 0.101. The zero-order chi connectivity index (χ0) is 17.5. The SMILES string of the molecule is CCCOCCN1CCN(c2nnc([C@H](N)c3ccccc3)o2)CC1.Cl.Cl. The molecule has 2 heterocycles. The molecule has 3 rings (SSSR count). The van der Waals surface area contributed by atoms with Gasteiger partial charge in [0, 0.05) is 39.3 Å². The smallest absolute Gasteiger partial charge is 0.318 e. The first-order valence-corrected chi connectivity index (χ1v) is 8.97. The van der Waals surface area contributed by atoms with E-state index in [0.717, 1.165) is 57.9 Å². The summed E-state index contributed by atoms with van der Waals surface area (Å²) in [5.41, 5.74) is 7.19. The van der Waals surface area contributed by atoms with Crippen LogP contribution in [0.25, 0.3) is 0 Å². The summed E-state index contributed by atoms with van der Waals surface area (Å²) in [4.78, 5) is 4.52. The normalized spacial score (nSPS) is 15.7. The maximum absolute atomic E-state index is 6.22. The number of nitrogens with zero attached hydrogens (tertiary/aromatic N) is 4. The number of ether oxygens (including phenoxy) is 1. The Balaban J connectivity index is 0.00000182. The van der Waals surface area contributed by atoms with Gasteiger partial charge < -0.3 is 19.8 Å². The van der Waals surface area contributed by atoms with Crippen molar-refractivity contribution in [3.8, 4) is 0 Å². The van der Waals surface area contributed by atoms with Gasteiger partial charge in [-0.15, -0.1) is 29.9 Å². The molecule has 2 aromatic rings. The molecule has 0 radical (unpaired) electrons. The molecule has 0 unspecified atom stereocenters. The zero-order valence-corrected chi connectivity index (χ0v) is 17.3. The number of nitrogens with two attached hydrogens (primary N) is 1. The number of piperazine rings is 1. The third-order valence-corrected chi connectivity index (χ3v) is 4.40. The van der Waals surface area contributed by atoms with Gasteiger partial charge in [0.2, 0.25) is 5.89 Å². The van der Waals surface area contributed by atoms with E-state index in [4.69, 9.17) is 14.9 Å². The van der Waals surface area contributed by atoms with Crippen LogP contribution in [0.3, 0.4) is 0 Å². The molecule has 1 aromatic carbocycles. The van der Waals surface area contributed by atoms with Crippen molar-refractivity contribution in [2.24, 2.45) is 5.73 Å². The molecular formula is C18H29Cl2N5O2. The van der Waals surface area contributed by atoms with Crippen molar-refractivity contribution in [3.05, 3.63) is 41.8 Å². The van der Waals surface area contributed by atoms with Crippen LogP contribution in [0, 0.1) is 0 Å². The first-order valence-electron chi connectivity index (χ1n) is 8.97. The summed E-state index contributed by atoms with van der Waals surface area (Å²) in [6, 6.07) is 9.97. The third kappa shape index (κ3) is 6.62. The summed E-state index contributed by atoms with van der Waals surface area (Å²) in [5.74, 6) is 0.455. The number of aromatic nitrogens is 2. The van der Waals surface area contributed by atoms with Gasteiger partial charge in [-0.1, -0.05) is 42.4 Å². The maximum Gasteiger partial charge on any atom is 0.318 e. The van der Waals surface area contributed by atoms with E-state index >= 15 is 0 Å². The molecular weight excluding hydrogens is 389 g/mol. The molecule has 0 aliphatic carbocycles. The topological polar surface area (TPSA) is 80.7 Å². The standard InChI is InChI=1S/C18H27N5O2.2ClH/c1-2-13-24-14-12-22-8-10-23(11-9-22)18-21-20-17(25-18)16(19)15-6-4-3-5-7-15;;/h3-7,16H,2,8-14,19H2,1H3;2*1H/t16-;;/m1../s1. The highest BCUT2D eigenvalue weighted by atomic mass is 35.5. The number of anilines is 1. The Morgan fingerprint density at radius 2 is 1.78 bits per heavy atom. The second-order valence-electron chi connectivity index (χ2n) is 6.25. The van der Waals surface area contributed by atoms with Crippen LogP contribution in [0.15, 0.2) is 34.7 Å². The molecule has 1 aromatic heterocycles. The van der Waals surface area contributed by atoms with Crippen LogP contribution in [0.1, 0.15) is 30.8 Å². The van der Waals surface area contributed by atoms with Crippen LogP contribution in [-0.4, -0.2) is 61.0 Å². The van der Waals surface area contributed by atoms with E-state index in [1.807, 2.05) is 30.3 Å². The molecule has 7 nitrogen and oxygen atoms in total. The zero-order valence-electron chi connectivity index (χ0n) is 15.6. The predicted octanol–water partition coefficient (Wildman–Crippen LogP) is 2.51. The highest BCUT2D eigenvalue weighted by Gasteiger charge is 2.23. The number of halogens is 2. The van der Waals surface area contributed by atoms with Crippen LogP contribution >= 0.6 is 24.8 Å². The Hall–Kier alpha value is -1.38. The van der Waals surface area contributed by atoms with Gasteiger partial charge in [0.15, 0.2) is 0 Å². The van der Waals surface area contributed by atoms with Crippen LogP contribution < -0.4 is 10.6 Å². The van der Waals surface area contributed by atoms with Gasteiger partial charge >= 0.3 is 6.01 Å². The summed E-state index contributed by atoms with van der Waals surface area (Å²) in [6.07, 6.45) is 1.07. The molecule has 2 N–H and O–H groups in total. The van der Waals surface area contributed by atoms with Gasteiger partial charge in [-0.05, 0) is 12.0 Å². The predicted molar refractivity (Wildman–Crippen MR) is 111 cm³/mol. The van der Waals surface area contributed by atoms with Crippen molar-refractivity contribution < 1.29 is 9.15 Å². The van der Waals surface area contributed by atoms with Gasteiger partial charge in [0.1, 0.15) is 6.04 Å². The minimum Gasteiger partial charge on any atom is -0.406 e. The summed E-state index contributed by atoms with van der Waals surface area (Å²) < 4.78 is 11.4. The fourth-order valence-electron chi connectivity index (χ4n) is 2.89. The minimum absolute atomic E-state index is 0. The second kappa shape index (κ2) is 12.2. The average Bonchev–Trinajstić information content (AvgIpc) is 3.16. The van der Waals surface area contributed by atoms with E-state index in [9.17, 15) is 0 Å². The maximum atomic E-state index is 6.22. The lowest BCUT2D eigenvalue weighted by Gasteiger charge is -2.33. The summed E-state index contributed by atoms with van der Waals surface area (Å²) in [6.45, 7) is 8.42. The average molecular weight is 418 g/mol. The summed E-state index contributed by atoms with van der Waals surface area (Å²) >= 11 is 0. The molecule has 27 heavy (non-hydrogen) atoms. The first-order chi connectivity index (χ1) is 12.3. The van der Waals surface area contributed by atoms with E-state index in [2.05, 4.69) is 26.9 Å². The summed E-state index contributed by atoms with van der Waals surface area (Å²) in [7, 11) is 0. The molecule has 0 amide bonds. The molecule has 1 atom stereocenters. The van der Waals surface area contributed by atoms with Crippen molar-refractivity contribution in [1.82, 2.24) is 15.1 Å². The number of rotatable bonds is 8. The van der Waals surface area contributed by atoms with Gasteiger partial charge in [0.05, 0.1) is 6.61 Å². The molecule has 0 spiro atoms. The van der Waals surface area contributed by atoms with Crippen LogP contribution in [0.5, 0.6) is 0 Å². The van der Waals surface area contributed by atoms with Crippen molar-refractivity contribution in [2.45, 2.75) is 19.4 Å². The van der Waals surface area contributed by atoms with Crippen LogP contribution in [-0.2, 0) is 4.74 Å². The van der Waals surface area contributed by atoms with Gasteiger partial charge in [-0.25, -0.2) is 0 Å². The first kappa shape index (κ1) is 23.7. The molecule has 1 aliphatic rings. The highest BCUT2D eigenvalue weighted by Crippen LogP contribution is 2.22. The van der Waals surface area contributed by atoms with Crippen LogP contribution in [0.2, 0.25) is 0 Å². The van der Waals surface area contributed by atoms with Crippen molar-refractivity contribution in [1.29, 1.82) is 0 Å². The van der Waals surface area contributed by atoms with E-state index in [1.54, 1.807) is 0 Å². The number of hydrogen-bond acceptors (Lipinski definition) is 7. The van der Waals surface area contributed by atoms with E-state index in [0.29, 0.717) is 11.9 Å². The van der Waals surface area contributed by atoms with E-state index < -0.39 is 0 Å². The largest absolute Gasteiger partial charge is 0.406 e. The van der Waals surface area contributed by atoms with Gasteiger partial charge in [-0.3, -0.25) is 4.90 Å². The molecule has 1 fully saturated rings. The van der Waals surface area contributed by atoms with E-state index in [-0.39, 0.29) is 30.9 Å². The highest BCUT2D eigenvalue weighted by molar-refractivity contribution is 5.85. The monoisotopic (exact) mass is 417 g/mol. The van der Waals surface area contributed by atoms with E-state index in [1.165, 1.54) is 0 Å². The fraction of sp³-hybridized carbons (Fsp3) is 0.556. The van der Waals surface area contributed by atoms with Gasteiger partial charge in [-0.2, -0.15) is 0 Å². The number of benzene rings is 1. The Morgan fingerprint density at radius 1 is 1.07 bits per heavy atom. The fourth-order valence-corrected chi connectivity index (χ4v) is 2.89. The van der Waals surface area contributed by atoms with Crippen molar-refractivity contribution in [2.75, 3.05) is 50.8 Å². The minimum atomic E-state index is -0.389. The Kier molecular flexibility index (Phi) is 10.6. The lowest BCUT2D eigenvalue weighted by Crippen LogP contribution is -2.47. The second-order valence-corrected chi connectivity index (χ2v) is 6.25.